The van der Waals surface area contributed by atoms with Crippen LogP contribution < -0.4 is 9.46 Å². The molecule has 1 atom stereocenters. The Kier molecular flexibility index (Phi) is 4.31. The Balaban J connectivity index is 2.11. The molecule has 1 aliphatic rings. The average molecular weight is 330 g/mol. The average Bonchev–Trinajstić information content (AvgIpc) is 2.55. The highest BCUT2D eigenvalue weighted by molar-refractivity contribution is 7.99. The van der Waals surface area contributed by atoms with E-state index in [1.54, 1.807) is 12.1 Å². The lowest BCUT2D eigenvalue weighted by molar-refractivity contribution is 0.0903. The molecule has 0 fully saturated rings. The van der Waals surface area contributed by atoms with E-state index in [4.69, 9.17) is 9.73 Å². The van der Waals surface area contributed by atoms with E-state index in [-0.39, 0.29) is 5.82 Å². The van der Waals surface area contributed by atoms with E-state index in [9.17, 15) is 4.39 Å². The van der Waals surface area contributed by atoms with Gasteiger partial charge in [-0.1, -0.05) is 18.9 Å². The van der Waals surface area contributed by atoms with Crippen molar-refractivity contribution < 1.29 is 9.13 Å². The lowest BCUT2D eigenvalue weighted by Crippen LogP contribution is -2.35. The van der Waals surface area contributed by atoms with Crippen LogP contribution in [0.3, 0.4) is 0 Å². The Morgan fingerprint density at radius 3 is 2.61 bits per heavy atom. The monoisotopic (exact) mass is 330 g/mol. The molecule has 0 spiro atoms. The fourth-order valence-corrected chi connectivity index (χ4v) is 2.88. The molecule has 5 heteroatoms. The minimum Gasteiger partial charge on any atom is -0.466 e. The fraction of sp³-hybridized carbons (Fsp3) is 0.278. The molecule has 1 heterocycles. The number of nitrogens with one attached hydrogen (secondary N) is 1. The maximum atomic E-state index is 13.2. The molecule has 0 amide bonds. The summed E-state index contributed by atoms with van der Waals surface area (Å²) in [6, 6.07) is 12.4. The summed E-state index contributed by atoms with van der Waals surface area (Å²) in [4.78, 5) is 4.80. The van der Waals surface area contributed by atoms with Gasteiger partial charge in [0.15, 0.2) is 5.72 Å². The second-order valence-electron chi connectivity index (χ2n) is 5.62. The van der Waals surface area contributed by atoms with E-state index in [1.165, 1.54) is 24.1 Å². The SMILES string of the molecule is CCC1(C)N=C(c2ccc(F)cc2)c2ccc(NSC)cc2O1. The van der Waals surface area contributed by atoms with Gasteiger partial charge in [0.25, 0.3) is 0 Å². The molecule has 3 rings (SSSR count). The standard InChI is InChI=1S/C18H19FN2OS/c1-4-18(2)20-17(12-5-7-13(19)8-6-12)15-10-9-14(21-23-3)11-16(15)22-18/h5-11,21H,4H2,1-3H3. The van der Waals surface area contributed by atoms with Crippen molar-refractivity contribution in [3.8, 4) is 5.75 Å². The molecule has 0 aromatic heterocycles. The van der Waals surface area contributed by atoms with Gasteiger partial charge in [-0.2, -0.15) is 0 Å². The van der Waals surface area contributed by atoms with Gasteiger partial charge in [-0.05, 0) is 43.3 Å². The molecule has 2 aromatic rings. The Bertz CT molecular complexity index is 745. The van der Waals surface area contributed by atoms with E-state index >= 15 is 0 Å². The number of hydrogen-bond acceptors (Lipinski definition) is 4. The molecule has 23 heavy (non-hydrogen) atoms. The number of ether oxygens (including phenoxy) is 1. The fourth-order valence-electron chi connectivity index (χ4n) is 2.52. The Hall–Kier alpha value is -2.01. The van der Waals surface area contributed by atoms with E-state index < -0.39 is 5.72 Å². The minimum absolute atomic E-state index is 0.251. The van der Waals surface area contributed by atoms with Gasteiger partial charge in [0.1, 0.15) is 11.6 Å². The second-order valence-corrected chi connectivity index (χ2v) is 6.23. The summed E-state index contributed by atoms with van der Waals surface area (Å²) in [5.41, 5.74) is 3.02. The zero-order chi connectivity index (χ0) is 16.4. The lowest BCUT2D eigenvalue weighted by Gasteiger charge is -2.32. The zero-order valence-electron chi connectivity index (χ0n) is 13.4. The van der Waals surface area contributed by atoms with Crippen LogP contribution in [0.5, 0.6) is 5.75 Å². The minimum atomic E-state index is -0.616. The molecular weight excluding hydrogens is 311 g/mol. The van der Waals surface area contributed by atoms with Crippen molar-refractivity contribution in [1.29, 1.82) is 0 Å². The van der Waals surface area contributed by atoms with Crippen LogP contribution in [0.15, 0.2) is 47.5 Å². The van der Waals surface area contributed by atoms with Gasteiger partial charge in [-0.3, -0.25) is 0 Å². The van der Waals surface area contributed by atoms with Crippen LogP contribution in [0.4, 0.5) is 10.1 Å². The summed E-state index contributed by atoms with van der Waals surface area (Å²) in [7, 11) is 0. The van der Waals surface area contributed by atoms with Crippen molar-refractivity contribution >= 4 is 23.3 Å². The van der Waals surface area contributed by atoms with Crippen LogP contribution in [0, 0.1) is 5.82 Å². The number of rotatable bonds is 4. The Morgan fingerprint density at radius 2 is 1.96 bits per heavy atom. The topological polar surface area (TPSA) is 33.6 Å². The number of nitrogens with zero attached hydrogens (tertiary/aromatic N) is 1. The first-order valence-corrected chi connectivity index (χ1v) is 8.75. The molecule has 0 bridgehead atoms. The number of fused-ring (bicyclic) bond motifs is 1. The highest BCUT2D eigenvalue weighted by atomic mass is 32.2. The van der Waals surface area contributed by atoms with Gasteiger partial charge >= 0.3 is 0 Å². The number of halogens is 1. The smallest absolute Gasteiger partial charge is 0.197 e. The molecule has 1 unspecified atom stereocenters. The van der Waals surface area contributed by atoms with Gasteiger partial charge in [-0.25, -0.2) is 9.38 Å². The number of aliphatic imine (C=N–C) groups is 1. The molecule has 0 radical (unpaired) electrons. The van der Waals surface area contributed by atoms with E-state index in [1.807, 2.05) is 38.3 Å². The summed E-state index contributed by atoms with van der Waals surface area (Å²) in [6.07, 6.45) is 2.72. The highest BCUT2D eigenvalue weighted by Crippen LogP contribution is 2.36. The molecule has 0 saturated heterocycles. The van der Waals surface area contributed by atoms with E-state index in [2.05, 4.69) is 4.72 Å². The predicted molar refractivity (Wildman–Crippen MR) is 94.9 cm³/mol. The van der Waals surface area contributed by atoms with Gasteiger partial charge in [-0.15, -0.1) is 0 Å². The van der Waals surface area contributed by atoms with Crippen molar-refractivity contribution in [3.05, 3.63) is 59.4 Å². The number of anilines is 1. The Morgan fingerprint density at radius 1 is 1.22 bits per heavy atom. The third kappa shape index (κ3) is 3.20. The first-order chi connectivity index (χ1) is 11.0. The summed E-state index contributed by atoms with van der Waals surface area (Å²) in [5.74, 6) is 0.544. The quantitative estimate of drug-likeness (QED) is 0.812. The first kappa shape index (κ1) is 15.9. The van der Waals surface area contributed by atoms with Gasteiger partial charge in [0.2, 0.25) is 0 Å². The zero-order valence-corrected chi connectivity index (χ0v) is 14.2. The van der Waals surface area contributed by atoms with Crippen molar-refractivity contribution in [3.63, 3.8) is 0 Å². The summed E-state index contributed by atoms with van der Waals surface area (Å²) >= 11 is 1.53. The third-order valence-electron chi connectivity index (χ3n) is 3.91. The van der Waals surface area contributed by atoms with E-state index in [0.717, 1.165) is 34.7 Å². The van der Waals surface area contributed by atoms with Crippen LogP contribution in [0.1, 0.15) is 31.4 Å². The second kappa shape index (κ2) is 6.24. The highest BCUT2D eigenvalue weighted by Gasteiger charge is 2.31. The van der Waals surface area contributed by atoms with Crippen LogP contribution in [0.25, 0.3) is 0 Å². The lowest BCUT2D eigenvalue weighted by atomic mass is 9.98. The van der Waals surface area contributed by atoms with Gasteiger partial charge < -0.3 is 9.46 Å². The molecule has 0 saturated carbocycles. The normalized spacial score (nSPS) is 19.6. The molecule has 2 aromatic carbocycles. The summed E-state index contributed by atoms with van der Waals surface area (Å²) in [6.45, 7) is 4.01. The molecule has 1 aliphatic heterocycles. The predicted octanol–water partition coefficient (Wildman–Crippen LogP) is 4.87. The largest absolute Gasteiger partial charge is 0.466 e. The van der Waals surface area contributed by atoms with Crippen molar-refractivity contribution in [2.24, 2.45) is 4.99 Å². The summed E-state index contributed by atoms with van der Waals surface area (Å²) in [5, 5.41) is 0. The van der Waals surface area contributed by atoms with Crippen LogP contribution in [0.2, 0.25) is 0 Å². The molecule has 3 nitrogen and oxygen atoms in total. The van der Waals surface area contributed by atoms with Crippen molar-refractivity contribution in [2.75, 3.05) is 11.0 Å². The molecular formula is C18H19FN2OS. The van der Waals surface area contributed by atoms with Gasteiger partial charge in [0.05, 0.1) is 5.71 Å². The Labute approximate surface area is 140 Å². The number of benzene rings is 2. The molecule has 120 valence electrons. The maximum absolute atomic E-state index is 13.2. The molecule has 1 N–H and O–H groups in total. The summed E-state index contributed by atoms with van der Waals surface area (Å²) < 4.78 is 22.6. The van der Waals surface area contributed by atoms with Crippen LogP contribution in [-0.4, -0.2) is 17.7 Å². The third-order valence-corrected chi connectivity index (χ3v) is 4.35. The van der Waals surface area contributed by atoms with Crippen LogP contribution >= 0.6 is 11.9 Å². The number of hydrogen-bond donors (Lipinski definition) is 1. The molecule has 0 aliphatic carbocycles. The van der Waals surface area contributed by atoms with Crippen molar-refractivity contribution in [1.82, 2.24) is 0 Å². The van der Waals surface area contributed by atoms with Crippen LogP contribution in [-0.2, 0) is 0 Å². The first-order valence-electron chi connectivity index (χ1n) is 7.53. The van der Waals surface area contributed by atoms with Gasteiger partial charge in [0, 0.05) is 35.6 Å². The van der Waals surface area contributed by atoms with E-state index in [0.29, 0.717) is 0 Å². The maximum Gasteiger partial charge on any atom is 0.197 e. The van der Waals surface area contributed by atoms with Crippen molar-refractivity contribution in [2.45, 2.75) is 26.0 Å².